The number of hydrogen-bond acceptors (Lipinski definition) is 5. The number of nitrogens with zero attached hydrogens (tertiary/aromatic N) is 2. The first kappa shape index (κ1) is 13.5. The molecule has 2 rings (SSSR count). The lowest BCUT2D eigenvalue weighted by Gasteiger charge is -2.09. The van der Waals surface area contributed by atoms with E-state index < -0.39 is 0 Å². The zero-order valence-electron chi connectivity index (χ0n) is 10.9. The summed E-state index contributed by atoms with van der Waals surface area (Å²) in [5, 5.41) is 12.6. The molecule has 1 N–H and O–H groups in total. The number of benzene rings is 1. The first-order chi connectivity index (χ1) is 8.69. The van der Waals surface area contributed by atoms with Crippen LogP contribution in [0.15, 0.2) is 27.4 Å². The third-order valence-corrected chi connectivity index (χ3v) is 4.49. The third-order valence-electron chi connectivity index (χ3n) is 2.49. The molecular weight excluding hydrogens is 262 g/mol. The number of rotatable bonds is 5. The second-order valence-corrected chi connectivity index (χ2v) is 6.55. The minimum atomic E-state index is 0.901. The van der Waals surface area contributed by atoms with E-state index in [1.807, 2.05) is 6.92 Å². The van der Waals surface area contributed by atoms with E-state index in [9.17, 15) is 0 Å². The highest BCUT2D eigenvalue weighted by molar-refractivity contribution is 8.01. The van der Waals surface area contributed by atoms with Crippen LogP contribution in [-0.2, 0) is 6.54 Å². The van der Waals surface area contributed by atoms with Gasteiger partial charge in [-0.05, 0) is 32.0 Å². The fraction of sp³-hybridized carbons (Fsp3) is 0.385. The first-order valence-corrected chi connectivity index (χ1v) is 7.60. The van der Waals surface area contributed by atoms with E-state index in [4.69, 9.17) is 0 Å². The summed E-state index contributed by atoms with van der Waals surface area (Å²) in [5.41, 5.74) is 2.62. The van der Waals surface area contributed by atoms with Crippen molar-refractivity contribution < 1.29 is 0 Å². The van der Waals surface area contributed by atoms with Gasteiger partial charge in [-0.15, -0.1) is 10.2 Å². The average Bonchev–Trinajstić information content (AvgIpc) is 2.75. The molecule has 0 amide bonds. The highest BCUT2D eigenvalue weighted by atomic mass is 32.2. The monoisotopic (exact) mass is 279 g/mol. The van der Waals surface area contributed by atoms with Crippen molar-refractivity contribution in [2.45, 2.75) is 36.6 Å². The van der Waals surface area contributed by atoms with Crippen molar-refractivity contribution in [2.24, 2.45) is 0 Å². The Morgan fingerprint density at radius 2 is 2.11 bits per heavy atom. The molecule has 0 saturated heterocycles. The van der Waals surface area contributed by atoms with E-state index in [1.165, 1.54) is 16.0 Å². The Balaban J connectivity index is 2.20. The molecule has 5 heteroatoms. The lowest BCUT2D eigenvalue weighted by Crippen LogP contribution is -2.12. The molecule has 0 unspecified atom stereocenters. The zero-order chi connectivity index (χ0) is 13.0. The van der Waals surface area contributed by atoms with Gasteiger partial charge >= 0.3 is 0 Å². The molecule has 0 saturated carbocycles. The van der Waals surface area contributed by atoms with Crippen LogP contribution in [0.4, 0.5) is 0 Å². The van der Waals surface area contributed by atoms with Crippen LogP contribution in [0, 0.1) is 13.8 Å². The van der Waals surface area contributed by atoms with Crippen LogP contribution in [0.1, 0.15) is 23.1 Å². The lowest BCUT2D eigenvalue weighted by molar-refractivity contribution is 0.717. The Labute approximate surface area is 116 Å². The standard InChI is InChI=1S/C13H17N3S2/c1-4-14-8-11-7-9(2)5-6-12(11)18-13-16-15-10(3)17-13/h5-7,14H,4,8H2,1-3H3. The van der Waals surface area contributed by atoms with Crippen LogP contribution < -0.4 is 5.32 Å². The Morgan fingerprint density at radius 1 is 1.28 bits per heavy atom. The number of aryl methyl sites for hydroxylation is 2. The minimum Gasteiger partial charge on any atom is -0.313 e. The van der Waals surface area contributed by atoms with E-state index in [2.05, 4.69) is 47.6 Å². The molecular formula is C13H17N3S2. The molecule has 0 bridgehead atoms. The summed E-state index contributed by atoms with van der Waals surface area (Å²) in [6.45, 7) is 8.11. The normalized spacial score (nSPS) is 10.8. The van der Waals surface area contributed by atoms with Gasteiger partial charge in [-0.3, -0.25) is 0 Å². The minimum absolute atomic E-state index is 0.901. The molecule has 0 fully saturated rings. The van der Waals surface area contributed by atoms with Crippen molar-refractivity contribution in [3.05, 3.63) is 34.3 Å². The van der Waals surface area contributed by atoms with Gasteiger partial charge in [0.1, 0.15) is 5.01 Å². The van der Waals surface area contributed by atoms with Crippen LogP contribution in [-0.4, -0.2) is 16.7 Å². The van der Waals surface area contributed by atoms with Gasteiger partial charge in [0, 0.05) is 11.4 Å². The van der Waals surface area contributed by atoms with Crippen LogP contribution in [0.3, 0.4) is 0 Å². The van der Waals surface area contributed by atoms with Gasteiger partial charge in [0.25, 0.3) is 0 Å². The van der Waals surface area contributed by atoms with Crippen LogP contribution >= 0.6 is 23.1 Å². The van der Waals surface area contributed by atoms with E-state index in [0.717, 1.165) is 22.4 Å². The van der Waals surface area contributed by atoms with E-state index in [1.54, 1.807) is 23.1 Å². The van der Waals surface area contributed by atoms with Crippen molar-refractivity contribution in [3.63, 3.8) is 0 Å². The highest BCUT2D eigenvalue weighted by Gasteiger charge is 2.08. The summed E-state index contributed by atoms with van der Waals surface area (Å²) >= 11 is 3.34. The topological polar surface area (TPSA) is 37.8 Å². The van der Waals surface area contributed by atoms with Gasteiger partial charge in [-0.1, -0.05) is 47.7 Å². The smallest absolute Gasteiger partial charge is 0.179 e. The van der Waals surface area contributed by atoms with Gasteiger partial charge in [0.15, 0.2) is 4.34 Å². The zero-order valence-corrected chi connectivity index (χ0v) is 12.5. The summed E-state index contributed by atoms with van der Waals surface area (Å²) in [5.74, 6) is 0. The maximum Gasteiger partial charge on any atom is 0.179 e. The van der Waals surface area contributed by atoms with E-state index in [0.29, 0.717) is 0 Å². The van der Waals surface area contributed by atoms with Gasteiger partial charge in [-0.2, -0.15) is 0 Å². The third kappa shape index (κ3) is 3.54. The van der Waals surface area contributed by atoms with E-state index >= 15 is 0 Å². The molecule has 1 aromatic heterocycles. The van der Waals surface area contributed by atoms with Crippen molar-refractivity contribution in [1.29, 1.82) is 0 Å². The molecule has 1 heterocycles. The maximum absolute atomic E-state index is 4.17. The molecule has 0 aliphatic heterocycles. The largest absolute Gasteiger partial charge is 0.313 e. The van der Waals surface area contributed by atoms with E-state index in [-0.39, 0.29) is 0 Å². The molecule has 0 radical (unpaired) electrons. The summed E-state index contributed by atoms with van der Waals surface area (Å²) in [6, 6.07) is 6.55. The predicted molar refractivity (Wildman–Crippen MR) is 77.3 cm³/mol. The fourth-order valence-electron chi connectivity index (χ4n) is 1.62. The van der Waals surface area contributed by atoms with Crippen LogP contribution in [0.5, 0.6) is 0 Å². The van der Waals surface area contributed by atoms with Crippen molar-refractivity contribution >= 4 is 23.1 Å². The lowest BCUT2D eigenvalue weighted by atomic mass is 10.1. The van der Waals surface area contributed by atoms with Gasteiger partial charge in [0.05, 0.1) is 0 Å². The van der Waals surface area contributed by atoms with Gasteiger partial charge in [0.2, 0.25) is 0 Å². The Morgan fingerprint density at radius 3 is 2.78 bits per heavy atom. The molecule has 96 valence electrons. The fourth-order valence-corrected chi connectivity index (χ4v) is 3.50. The molecule has 18 heavy (non-hydrogen) atoms. The second-order valence-electron chi connectivity index (χ2n) is 4.08. The summed E-state index contributed by atoms with van der Waals surface area (Å²) in [7, 11) is 0. The average molecular weight is 279 g/mol. The molecule has 0 aliphatic carbocycles. The SMILES string of the molecule is CCNCc1cc(C)ccc1Sc1nnc(C)s1. The number of aromatic nitrogens is 2. The van der Waals surface area contributed by atoms with Crippen molar-refractivity contribution in [1.82, 2.24) is 15.5 Å². The Bertz CT molecular complexity index is 523. The second kappa shape index (κ2) is 6.31. The van der Waals surface area contributed by atoms with Crippen molar-refractivity contribution in [3.8, 4) is 0 Å². The predicted octanol–water partition coefficient (Wildman–Crippen LogP) is 3.42. The molecule has 0 spiro atoms. The molecule has 0 atom stereocenters. The summed E-state index contributed by atoms with van der Waals surface area (Å²) in [4.78, 5) is 1.26. The Kier molecular flexibility index (Phi) is 4.74. The molecule has 0 aliphatic rings. The first-order valence-electron chi connectivity index (χ1n) is 5.97. The van der Waals surface area contributed by atoms with Crippen LogP contribution in [0.2, 0.25) is 0 Å². The summed E-state index contributed by atoms with van der Waals surface area (Å²) in [6.07, 6.45) is 0. The maximum atomic E-state index is 4.17. The molecule has 1 aromatic carbocycles. The summed E-state index contributed by atoms with van der Waals surface area (Å²) < 4.78 is 1.01. The molecule has 3 nitrogen and oxygen atoms in total. The highest BCUT2D eigenvalue weighted by Crippen LogP contribution is 2.32. The molecule has 2 aromatic rings. The van der Waals surface area contributed by atoms with Gasteiger partial charge < -0.3 is 5.32 Å². The number of nitrogens with one attached hydrogen (secondary N) is 1. The van der Waals surface area contributed by atoms with Crippen LogP contribution in [0.25, 0.3) is 0 Å². The Hall–Kier alpha value is -0.910. The number of hydrogen-bond donors (Lipinski definition) is 1. The quantitative estimate of drug-likeness (QED) is 0.910. The van der Waals surface area contributed by atoms with Gasteiger partial charge in [-0.25, -0.2) is 0 Å². The van der Waals surface area contributed by atoms with Crippen molar-refractivity contribution in [2.75, 3.05) is 6.54 Å².